The number of nitrogens with zero attached hydrogens (tertiary/aromatic N) is 3. The molecule has 2 aromatic heterocycles. The average molecular weight is 178 g/mol. The van der Waals surface area contributed by atoms with Crippen LogP contribution in [0, 0.1) is 6.20 Å². The molecule has 0 aliphatic heterocycles. The summed E-state index contributed by atoms with van der Waals surface area (Å²) in [7, 11) is 0. The van der Waals surface area contributed by atoms with E-state index in [1.807, 2.05) is 6.92 Å². The van der Waals surface area contributed by atoms with Crippen LogP contribution in [0.3, 0.4) is 0 Å². The molecule has 0 amide bonds. The molecule has 0 aliphatic carbocycles. The fourth-order valence-corrected chi connectivity index (χ4v) is 0.963. The molecule has 0 saturated heterocycles. The number of aromatic nitrogens is 3. The zero-order chi connectivity index (χ0) is 9.10. The van der Waals surface area contributed by atoms with E-state index in [1.54, 1.807) is 6.07 Å². The van der Waals surface area contributed by atoms with Crippen LogP contribution in [-0.2, 0) is 6.42 Å². The minimum absolute atomic E-state index is 0.428. The van der Waals surface area contributed by atoms with Crippen molar-refractivity contribution < 1.29 is 9.05 Å². The van der Waals surface area contributed by atoms with E-state index < -0.39 is 0 Å². The molecule has 67 valence electrons. The molecular weight excluding hydrogens is 170 g/mol. The molecule has 13 heavy (non-hydrogen) atoms. The average Bonchev–Trinajstić information content (AvgIpc) is 2.70. The Bertz CT molecular complexity index is 366. The van der Waals surface area contributed by atoms with Crippen LogP contribution in [0.25, 0.3) is 11.6 Å². The number of aryl methyl sites for hydroxylation is 1. The second-order valence-corrected chi connectivity index (χ2v) is 2.58. The zero-order valence-corrected chi connectivity index (χ0v) is 7.15. The second kappa shape index (κ2) is 3.38. The highest BCUT2D eigenvalue weighted by molar-refractivity contribution is 5.43. The summed E-state index contributed by atoms with van der Waals surface area (Å²) in [6.07, 6.45) is 4.29. The standard InChI is InChI=1S/C8H8N3O2/c1-2-3-7-10-8(11-13-7)6-4-5-9-12-6/h4H,2-3H2,1H3. The fourth-order valence-electron chi connectivity index (χ4n) is 0.963. The van der Waals surface area contributed by atoms with E-state index in [9.17, 15) is 0 Å². The van der Waals surface area contributed by atoms with Crippen LogP contribution in [0.1, 0.15) is 19.2 Å². The molecule has 1 radical (unpaired) electrons. The summed E-state index contributed by atoms with van der Waals surface area (Å²) in [5.74, 6) is 1.53. The Balaban J connectivity index is 2.23. The van der Waals surface area contributed by atoms with E-state index >= 15 is 0 Å². The van der Waals surface area contributed by atoms with E-state index in [1.165, 1.54) is 0 Å². The van der Waals surface area contributed by atoms with Gasteiger partial charge in [0.05, 0.1) is 0 Å². The van der Waals surface area contributed by atoms with Crippen molar-refractivity contribution >= 4 is 0 Å². The highest BCUT2D eigenvalue weighted by Gasteiger charge is 2.10. The summed E-state index contributed by atoms with van der Waals surface area (Å²) in [5, 5.41) is 7.17. The Morgan fingerprint density at radius 3 is 3.08 bits per heavy atom. The predicted molar refractivity (Wildman–Crippen MR) is 42.6 cm³/mol. The van der Waals surface area contributed by atoms with Crippen LogP contribution in [0.4, 0.5) is 0 Å². The monoisotopic (exact) mass is 178 g/mol. The summed E-state index contributed by atoms with van der Waals surface area (Å²) in [5.41, 5.74) is 0. The molecule has 0 bridgehead atoms. The van der Waals surface area contributed by atoms with Gasteiger partial charge in [-0.05, 0) is 6.42 Å². The minimum Gasteiger partial charge on any atom is -0.352 e. The van der Waals surface area contributed by atoms with Crippen molar-refractivity contribution in [3.05, 3.63) is 18.2 Å². The van der Waals surface area contributed by atoms with Crippen LogP contribution >= 0.6 is 0 Å². The SMILES string of the molecule is CCCc1nc(-c2c[c]no2)no1. The molecule has 5 heteroatoms. The van der Waals surface area contributed by atoms with E-state index in [0.29, 0.717) is 17.5 Å². The molecule has 0 atom stereocenters. The normalized spacial score (nSPS) is 10.5. The topological polar surface area (TPSA) is 65.0 Å². The van der Waals surface area contributed by atoms with Crippen molar-refractivity contribution in [1.29, 1.82) is 0 Å². The second-order valence-electron chi connectivity index (χ2n) is 2.58. The smallest absolute Gasteiger partial charge is 0.241 e. The summed E-state index contributed by atoms with van der Waals surface area (Å²) in [6.45, 7) is 2.05. The van der Waals surface area contributed by atoms with Gasteiger partial charge in [0.25, 0.3) is 0 Å². The molecule has 5 nitrogen and oxygen atoms in total. The van der Waals surface area contributed by atoms with Crippen molar-refractivity contribution in [2.45, 2.75) is 19.8 Å². The Morgan fingerprint density at radius 1 is 1.46 bits per heavy atom. The molecule has 2 aromatic rings. The van der Waals surface area contributed by atoms with Gasteiger partial charge >= 0.3 is 0 Å². The van der Waals surface area contributed by atoms with Crippen LogP contribution in [-0.4, -0.2) is 15.3 Å². The summed E-state index contributed by atoms with van der Waals surface area (Å²) in [4.78, 5) is 4.11. The van der Waals surface area contributed by atoms with Gasteiger partial charge in [0, 0.05) is 12.5 Å². The number of hydrogen-bond acceptors (Lipinski definition) is 5. The maximum atomic E-state index is 4.97. The van der Waals surface area contributed by atoms with Gasteiger partial charge in [0.15, 0.2) is 0 Å². The lowest BCUT2D eigenvalue weighted by molar-refractivity contribution is 0.374. The van der Waals surface area contributed by atoms with Crippen LogP contribution in [0.15, 0.2) is 15.1 Å². The van der Waals surface area contributed by atoms with Crippen molar-refractivity contribution in [3.63, 3.8) is 0 Å². The third-order valence-corrected chi connectivity index (χ3v) is 1.54. The first-order valence-electron chi connectivity index (χ1n) is 4.06. The van der Waals surface area contributed by atoms with Gasteiger partial charge in [-0.2, -0.15) is 4.98 Å². The fraction of sp³-hybridized carbons (Fsp3) is 0.375. The van der Waals surface area contributed by atoms with Crippen LogP contribution in [0.2, 0.25) is 0 Å². The van der Waals surface area contributed by atoms with Gasteiger partial charge in [-0.25, -0.2) is 0 Å². The molecule has 2 rings (SSSR count). The molecule has 0 aliphatic rings. The number of hydrogen-bond donors (Lipinski definition) is 0. The van der Waals surface area contributed by atoms with E-state index in [-0.39, 0.29) is 0 Å². The van der Waals surface area contributed by atoms with Gasteiger partial charge in [0.2, 0.25) is 17.5 Å². The Hall–Kier alpha value is -1.65. The van der Waals surface area contributed by atoms with E-state index in [4.69, 9.17) is 9.05 Å². The van der Waals surface area contributed by atoms with Crippen molar-refractivity contribution in [2.75, 3.05) is 0 Å². The van der Waals surface area contributed by atoms with Gasteiger partial charge in [0.1, 0.15) is 6.20 Å². The highest BCUT2D eigenvalue weighted by Crippen LogP contribution is 2.14. The van der Waals surface area contributed by atoms with E-state index in [0.717, 1.165) is 12.8 Å². The molecule has 0 N–H and O–H groups in total. The molecule has 2 heterocycles. The van der Waals surface area contributed by atoms with Crippen molar-refractivity contribution in [2.24, 2.45) is 0 Å². The van der Waals surface area contributed by atoms with Crippen molar-refractivity contribution in [1.82, 2.24) is 15.3 Å². The summed E-state index contributed by atoms with van der Waals surface area (Å²) < 4.78 is 9.79. The summed E-state index contributed by atoms with van der Waals surface area (Å²) in [6, 6.07) is 1.57. The molecule has 0 unspecified atom stereocenters. The third kappa shape index (κ3) is 1.58. The Labute approximate surface area is 74.7 Å². The first-order chi connectivity index (χ1) is 6.40. The lowest BCUT2D eigenvalue weighted by atomic mass is 10.3. The quantitative estimate of drug-likeness (QED) is 0.712. The first-order valence-corrected chi connectivity index (χ1v) is 4.06. The first kappa shape index (κ1) is 7.97. The largest absolute Gasteiger partial charge is 0.352 e. The van der Waals surface area contributed by atoms with Gasteiger partial charge in [-0.15, -0.1) is 0 Å². The number of rotatable bonds is 3. The van der Waals surface area contributed by atoms with Gasteiger partial charge in [-0.3, -0.25) is 0 Å². The maximum Gasteiger partial charge on any atom is 0.241 e. The molecular formula is C8H8N3O2. The highest BCUT2D eigenvalue weighted by atomic mass is 16.5. The van der Waals surface area contributed by atoms with Gasteiger partial charge in [-0.1, -0.05) is 17.2 Å². The predicted octanol–water partition coefficient (Wildman–Crippen LogP) is 1.48. The van der Waals surface area contributed by atoms with Gasteiger partial charge < -0.3 is 9.05 Å². The van der Waals surface area contributed by atoms with Crippen molar-refractivity contribution in [3.8, 4) is 11.6 Å². The van der Waals surface area contributed by atoms with Crippen LogP contribution < -0.4 is 0 Å². The maximum absolute atomic E-state index is 4.97. The Morgan fingerprint density at radius 2 is 2.38 bits per heavy atom. The third-order valence-electron chi connectivity index (χ3n) is 1.54. The minimum atomic E-state index is 0.428. The van der Waals surface area contributed by atoms with Crippen LogP contribution in [0.5, 0.6) is 0 Å². The lowest BCUT2D eigenvalue weighted by Gasteiger charge is -1.83. The summed E-state index contributed by atoms with van der Waals surface area (Å²) >= 11 is 0. The molecule has 0 spiro atoms. The van der Waals surface area contributed by atoms with E-state index in [2.05, 4.69) is 21.5 Å². The zero-order valence-electron chi connectivity index (χ0n) is 7.15. The molecule has 0 fully saturated rings. The molecule has 0 aromatic carbocycles. The Kier molecular flexibility index (Phi) is 2.08. The lowest BCUT2D eigenvalue weighted by Crippen LogP contribution is -1.82. The molecule has 0 saturated carbocycles.